The number of halogens is 1. The predicted octanol–water partition coefficient (Wildman–Crippen LogP) is 2.78. The van der Waals surface area contributed by atoms with Gasteiger partial charge in [-0.05, 0) is 13.0 Å². The van der Waals surface area contributed by atoms with E-state index < -0.39 is 5.82 Å². The summed E-state index contributed by atoms with van der Waals surface area (Å²) >= 11 is 0. The van der Waals surface area contributed by atoms with Crippen LogP contribution in [0.4, 0.5) is 4.39 Å². The molecule has 0 saturated heterocycles. The average molecular weight is 254 g/mol. The molecule has 0 spiro atoms. The minimum Gasteiger partial charge on any atom is -0.217 e. The van der Waals surface area contributed by atoms with E-state index in [4.69, 9.17) is 0 Å². The van der Waals surface area contributed by atoms with Crippen molar-refractivity contribution < 1.29 is 4.39 Å². The molecule has 0 aliphatic carbocycles. The molecule has 94 valence electrons. The first kappa shape index (κ1) is 11.5. The van der Waals surface area contributed by atoms with Gasteiger partial charge in [0, 0.05) is 11.8 Å². The van der Waals surface area contributed by atoms with Crippen molar-refractivity contribution in [2.24, 2.45) is 0 Å². The Bertz CT molecular complexity index is 706. The molecule has 3 rings (SSSR count). The van der Waals surface area contributed by atoms with Gasteiger partial charge in [0.25, 0.3) is 5.95 Å². The summed E-state index contributed by atoms with van der Waals surface area (Å²) in [5.41, 5.74) is 2.15. The second-order valence-corrected chi connectivity index (χ2v) is 4.11. The maximum absolute atomic E-state index is 13.1. The molecule has 0 radical (unpaired) electrons. The van der Waals surface area contributed by atoms with Crippen molar-refractivity contribution in [1.29, 1.82) is 0 Å². The Balaban J connectivity index is 1.99. The molecule has 0 aliphatic heterocycles. The topological polar surface area (TPSA) is 43.6 Å². The summed E-state index contributed by atoms with van der Waals surface area (Å²) in [6.07, 6.45) is 2.91. The Hall–Kier alpha value is -2.56. The maximum Gasteiger partial charge on any atom is 0.250 e. The number of benzene rings is 1. The van der Waals surface area contributed by atoms with Crippen molar-refractivity contribution in [3.05, 3.63) is 60.3 Å². The van der Waals surface area contributed by atoms with Gasteiger partial charge in [-0.3, -0.25) is 0 Å². The largest absolute Gasteiger partial charge is 0.250 e. The second kappa shape index (κ2) is 4.61. The van der Waals surface area contributed by atoms with Crippen LogP contribution in [0.1, 0.15) is 5.69 Å². The van der Waals surface area contributed by atoms with Crippen LogP contribution in [0.15, 0.2) is 48.8 Å². The third-order valence-electron chi connectivity index (χ3n) is 2.77. The molecule has 2 aromatic heterocycles. The molecule has 0 fully saturated rings. The molecule has 0 unspecified atom stereocenters. The third-order valence-corrected chi connectivity index (χ3v) is 2.77. The van der Waals surface area contributed by atoms with Gasteiger partial charge in [-0.1, -0.05) is 30.3 Å². The van der Waals surface area contributed by atoms with Crippen molar-refractivity contribution in [2.75, 3.05) is 0 Å². The first-order chi connectivity index (χ1) is 9.24. The van der Waals surface area contributed by atoms with Crippen LogP contribution < -0.4 is 0 Å². The predicted molar refractivity (Wildman–Crippen MR) is 69.3 cm³/mol. The quantitative estimate of drug-likeness (QED) is 0.706. The lowest BCUT2D eigenvalue weighted by atomic mass is 10.2. The van der Waals surface area contributed by atoms with E-state index in [1.54, 1.807) is 13.1 Å². The van der Waals surface area contributed by atoms with Crippen LogP contribution in [0.2, 0.25) is 0 Å². The minimum atomic E-state index is -0.417. The number of rotatable bonds is 2. The van der Waals surface area contributed by atoms with E-state index in [-0.39, 0.29) is 0 Å². The fourth-order valence-corrected chi connectivity index (χ4v) is 1.75. The monoisotopic (exact) mass is 254 g/mol. The lowest BCUT2D eigenvalue weighted by Gasteiger charge is -2.01. The van der Waals surface area contributed by atoms with Gasteiger partial charge >= 0.3 is 0 Å². The lowest BCUT2D eigenvalue weighted by Crippen LogP contribution is -2.04. The van der Waals surface area contributed by atoms with E-state index in [2.05, 4.69) is 15.1 Å². The molecule has 3 aromatic rings. The molecule has 2 heterocycles. The van der Waals surface area contributed by atoms with Crippen molar-refractivity contribution in [3.63, 3.8) is 0 Å². The van der Waals surface area contributed by atoms with Crippen LogP contribution in [0, 0.1) is 12.7 Å². The van der Waals surface area contributed by atoms with Crippen molar-refractivity contribution >= 4 is 0 Å². The van der Waals surface area contributed by atoms with Crippen molar-refractivity contribution in [2.45, 2.75) is 6.92 Å². The molecule has 19 heavy (non-hydrogen) atoms. The Labute approximate surface area is 109 Å². The summed E-state index contributed by atoms with van der Waals surface area (Å²) in [6.45, 7) is 1.60. The van der Waals surface area contributed by atoms with Gasteiger partial charge in [0.05, 0.1) is 17.6 Å². The number of aromatic nitrogens is 4. The third kappa shape index (κ3) is 2.22. The van der Waals surface area contributed by atoms with Crippen LogP contribution in [-0.4, -0.2) is 19.7 Å². The lowest BCUT2D eigenvalue weighted by molar-refractivity contribution is 0.596. The molecule has 0 N–H and O–H groups in total. The average Bonchev–Trinajstić information content (AvgIpc) is 2.93. The normalized spacial score (nSPS) is 10.6. The first-order valence-electron chi connectivity index (χ1n) is 5.84. The van der Waals surface area contributed by atoms with Gasteiger partial charge in [0.2, 0.25) is 0 Å². The number of hydrogen-bond donors (Lipinski definition) is 0. The molecule has 0 bridgehead atoms. The summed E-state index contributed by atoms with van der Waals surface area (Å²) in [5.74, 6) is -0.0553. The highest BCUT2D eigenvalue weighted by Gasteiger charge is 2.07. The van der Waals surface area contributed by atoms with Crippen LogP contribution in [0.25, 0.3) is 17.2 Å². The standard InChI is InChI=1S/C14H11FN4/c1-10-12(15)9-16-14(17-10)19-8-7-13(18-19)11-5-3-2-4-6-11/h2-9H,1H3. The summed E-state index contributed by atoms with van der Waals surface area (Å²) < 4.78 is 14.7. The fourth-order valence-electron chi connectivity index (χ4n) is 1.75. The van der Waals surface area contributed by atoms with Gasteiger partial charge in [0.1, 0.15) is 0 Å². The Morgan fingerprint density at radius 2 is 1.89 bits per heavy atom. The van der Waals surface area contributed by atoms with Crippen LogP contribution in [-0.2, 0) is 0 Å². The van der Waals surface area contributed by atoms with Crippen LogP contribution in [0.3, 0.4) is 0 Å². The van der Waals surface area contributed by atoms with Gasteiger partial charge in [-0.25, -0.2) is 19.0 Å². The van der Waals surface area contributed by atoms with Crippen molar-refractivity contribution in [1.82, 2.24) is 19.7 Å². The highest BCUT2D eigenvalue weighted by Crippen LogP contribution is 2.17. The summed E-state index contributed by atoms with van der Waals surface area (Å²) in [4.78, 5) is 8.00. The molecular weight excluding hydrogens is 243 g/mol. The van der Waals surface area contributed by atoms with Crippen LogP contribution >= 0.6 is 0 Å². The van der Waals surface area contributed by atoms with Gasteiger partial charge in [-0.15, -0.1) is 0 Å². The van der Waals surface area contributed by atoms with E-state index in [1.807, 2.05) is 36.4 Å². The molecule has 0 saturated carbocycles. The molecule has 0 amide bonds. The molecule has 0 atom stereocenters. The molecular formula is C14H11FN4. The Morgan fingerprint density at radius 3 is 2.63 bits per heavy atom. The summed E-state index contributed by atoms with van der Waals surface area (Å²) in [6, 6.07) is 11.7. The second-order valence-electron chi connectivity index (χ2n) is 4.11. The van der Waals surface area contributed by atoms with E-state index in [1.165, 1.54) is 4.68 Å². The van der Waals surface area contributed by atoms with E-state index in [0.717, 1.165) is 17.5 Å². The fraction of sp³-hybridized carbons (Fsp3) is 0.0714. The van der Waals surface area contributed by atoms with Gasteiger partial charge in [-0.2, -0.15) is 5.10 Å². The molecule has 4 nitrogen and oxygen atoms in total. The Morgan fingerprint density at radius 1 is 1.11 bits per heavy atom. The smallest absolute Gasteiger partial charge is 0.217 e. The zero-order valence-electron chi connectivity index (χ0n) is 10.3. The molecule has 0 aliphatic rings. The van der Waals surface area contributed by atoms with Gasteiger partial charge in [0.15, 0.2) is 5.82 Å². The van der Waals surface area contributed by atoms with Crippen LogP contribution in [0.5, 0.6) is 0 Å². The molecule has 1 aromatic carbocycles. The van der Waals surface area contributed by atoms with Crippen molar-refractivity contribution in [3.8, 4) is 17.2 Å². The number of hydrogen-bond acceptors (Lipinski definition) is 3. The first-order valence-corrected chi connectivity index (χ1v) is 5.84. The maximum atomic E-state index is 13.1. The number of aryl methyl sites for hydroxylation is 1. The summed E-state index contributed by atoms with van der Waals surface area (Å²) in [7, 11) is 0. The van der Waals surface area contributed by atoms with Gasteiger partial charge < -0.3 is 0 Å². The van der Waals surface area contributed by atoms with E-state index in [9.17, 15) is 4.39 Å². The highest BCUT2D eigenvalue weighted by atomic mass is 19.1. The Kier molecular flexibility index (Phi) is 2.79. The SMILES string of the molecule is Cc1nc(-n2ccc(-c3ccccc3)n2)ncc1F. The molecule has 5 heteroatoms. The summed E-state index contributed by atoms with van der Waals surface area (Å²) in [5, 5.41) is 4.39. The van der Waals surface area contributed by atoms with E-state index >= 15 is 0 Å². The number of nitrogens with zero attached hydrogens (tertiary/aromatic N) is 4. The van der Waals surface area contributed by atoms with E-state index in [0.29, 0.717) is 11.6 Å². The minimum absolute atomic E-state index is 0.307. The highest BCUT2D eigenvalue weighted by molar-refractivity contribution is 5.58. The zero-order chi connectivity index (χ0) is 13.2. The zero-order valence-corrected chi connectivity index (χ0v) is 10.3.